The van der Waals surface area contributed by atoms with E-state index in [4.69, 9.17) is 4.74 Å². The summed E-state index contributed by atoms with van der Waals surface area (Å²) < 4.78 is 6.13. The van der Waals surface area contributed by atoms with Crippen LogP contribution in [-0.2, 0) is 0 Å². The second-order valence-electron chi connectivity index (χ2n) is 6.05. The fourth-order valence-corrected chi connectivity index (χ4v) is 3.56. The molecule has 0 radical (unpaired) electrons. The highest BCUT2D eigenvalue weighted by Gasteiger charge is 2.40. The molecule has 0 saturated heterocycles. The number of carbonyl (C=O) groups is 1. The number of fused-ring (bicyclic) bond motifs is 2. The van der Waals surface area contributed by atoms with Crippen LogP contribution >= 0.6 is 0 Å². The van der Waals surface area contributed by atoms with Gasteiger partial charge in [-0.15, -0.1) is 0 Å². The smallest absolute Gasteiger partial charge is 0.412 e. The van der Waals surface area contributed by atoms with Crippen molar-refractivity contribution in [3.05, 3.63) is 65.7 Å². The van der Waals surface area contributed by atoms with E-state index in [9.17, 15) is 15.0 Å². The maximum Gasteiger partial charge on any atom is 0.412 e. The Labute approximate surface area is 139 Å². The molecule has 1 amide bonds. The number of para-hydroxylation sites is 2. The molecule has 2 aromatic rings. The number of carboxylic acid groups (broad SMARTS) is 1. The van der Waals surface area contributed by atoms with E-state index >= 15 is 0 Å². The molecule has 24 heavy (non-hydrogen) atoms. The molecule has 0 spiro atoms. The van der Waals surface area contributed by atoms with Crippen LogP contribution in [0.1, 0.15) is 24.2 Å². The molecule has 0 fully saturated rings. The van der Waals surface area contributed by atoms with Crippen molar-refractivity contribution in [2.24, 2.45) is 0 Å². The number of benzene rings is 2. The van der Waals surface area contributed by atoms with Gasteiger partial charge in [0.25, 0.3) is 0 Å². The average molecular weight is 323 g/mol. The van der Waals surface area contributed by atoms with E-state index in [1.165, 1.54) is 4.90 Å². The Morgan fingerprint density at radius 2 is 1.83 bits per heavy atom. The second-order valence-corrected chi connectivity index (χ2v) is 6.05. The molecule has 2 aliphatic rings. The van der Waals surface area contributed by atoms with Crippen LogP contribution < -0.4 is 9.64 Å². The zero-order valence-corrected chi connectivity index (χ0v) is 13.1. The summed E-state index contributed by atoms with van der Waals surface area (Å²) in [5.74, 6) is 0.530. The summed E-state index contributed by atoms with van der Waals surface area (Å²) in [5, 5.41) is 19.9. The van der Waals surface area contributed by atoms with Crippen LogP contribution in [0.25, 0.3) is 5.57 Å². The van der Waals surface area contributed by atoms with E-state index in [1.54, 1.807) is 24.3 Å². The van der Waals surface area contributed by atoms with Crippen molar-refractivity contribution in [3.8, 4) is 5.75 Å². The van der Waals surface area contributed by atoms with E-state index in [2.05, 4.69) is 0 Å². The first-order valence-corrected chi connectivity index (χ1v) is 7.85. The minimum Gasteiger partial charge on any atom is -0.481 e. The van der Waals surface area contributed by atoms with Crippen molar-refractivity contribution in [1.29, 1.82) is 0 Å². The largest absolute Gasteiger partial charge is 0.481 e. The van der Waals surface area contributed by atoms with Gasteiger partial charge in [-0.3, -0.25) is 4.90 Å². The third-order valence-corrected chi connectivity index (χ3v) is 4.66. The van der Waals surface area contributed by atoms with Crippen molar-refractivity contribution >= 4 is 17.4 Å². The average Bonchev–Trinajstić information content (AvgIpc) is 2.91. The number of hydrogen-bond acceptors (Lipinski definition) is 3. The number of aliphatic hydroxyl groups excluding tert-OH is 1. The number of hydrogen-bond donors (Lipinski definition) is 2. The highest BCUT2D eigenvalue weighted by Crippen LogP contribution is 2.44. The molecule has 5 nitrogen and oxygen atoms in total. The maximum absolute atomic E-state index is 11.8. The first-order valence-electron chi connectivity index (χ1n) is 7.85. The Morgan fingerprint density at radius 1 is 1.12 bits per heavy atom. The van der Waals surface area contributed by atoms with Gasteiger partial charge in [-0.05, 0) is 36.3 Å². The number of rotatable bonds is 1. The van der Waals surface area contributed by atoms with E-state index in [0.29, 0.717) is 11.4 Å². The molecular weight excluding hydrogens is 306 g/mol. The lowest BCUT2D eigenvalue weighted by Crippen LogP contribution is -2.50. The second kappa shape index (κ2) is 5.39. The minimum absolute atomic E-state index is 0.415. The first-order chi connectivity index (χ1) is 11.6. The van der Waals surface area contributed by atoms with E-state index in [0.717, 1.165) is 16.7 Å². The van der Waals surface area contributed by atoms with Crippen LogP contribution in [-0.4, -0.2) is 28.5 Å². The molecule has 0 aromatic heterocycles. The van der Waals surface area contributed by atoms with Gasteiger partial charge >= 0.3 is 6.09 Å². The Hall–Kier alpha value is -2.79. The Kier molecular flexibility index (Phi) is 3.32. The monoisotopic (exact) mass is 323 g/mol. The Balaban J connectivity index is 1.81. The van der Waals surface area contributed by atoms with Crippen LogP contribution in [0.3, 0.4) is 0 Å². The van der Waals surface area contributed by atoms with Crippen LogP contribution in [0.15, 0.2) is 54.6 Å². The summed E-state index contributed by atoms with van der Waals surface area (Å²) in [5.41, 5.74) is 3.10. The standard InChI is InChI=1S/C19H17NO4/c1-11-18(14-10-16(21)13-7-3-2-6-12(13)14)24-17-9-5-4-8-15(17)20(11)19(22)23/h2-11,16,18,21H,1H3,(H,22,23). The normalized spacial score (nSPS) is 24.7. The Bertz CT molecular complexity index is 845. The summed E-state index contributed by atoms with van der Waals surface area (Å²) in [6, 6.07) is 14.3. The van der Waals surface area contributed by atoms with Crippen molar-refractivity contribution in [1.82, 2.24) is 0 Å². The summed E-state index contributed by atoms with van der Waals surface area (Å²) in [6.45, 7) is 1.82. The first kappa shape index (κ1) is 14.8. The highest BCUT2D eigenvalue weighted by atomic mass is 16.5. The maximum atomic E-state index is 11.8. The van der Waals surface area contributed by atoms with Gasteiger partial charge in [-0.25, -0.2) is 4.79 Å². The van der Waals surface area contributed by atoms with Gasteiger partial charge < -0.3 is 14.9 Å². The topological polar surface area (TPSA) is 70.0 Å². The fraction of sp³-hybridized carbons (Fsp3) is 0.211. The predicted octanol–water partition coefficient (Wildman–Crippen LogP) is 3.45. The third-order valence-electron chi connectivity index (χ3n) is 4.66. The molecule has 2 N–H and O–H groups in total. The van der Waals surface area contributed by atoms with Crippen molar-refractivity contribution in [2.75, 3.05) is 4.90 Å². The lowest BCUT2D eigenvalue weighted by atomic mass is 9.95. The molecule has 1 aliphatic carbocycles. The number of aliphatic hydroxyl groups is 1. The summed E-state index contributed by atoms with van der Waals surface area (Å²) in [4.78, 5) is 13.1. The third kappa shape index (κ3) is 2.09. The molecule has 2 aromatic carbocycles. The van der Waals surface area contributed by atoms with Gasteiger partial charge in [0.05, 0.1) is 17.8 Å². The van der Waals surface area contributed by atoms with Crippen LogP contribution in [0.4, 0.5) is 10.5 Å². The number of amides is 1. The molecular formula is C19H17NO4. The van der Waals surface area contributed by atoms with E-state index in [1.807, 2.05) is 37.3 Å². The number of nitrogens with zero attached hydrogens (tertiary/aromatic N) is 1. The molecule has 1 heterocycles. The fourth-order valence-electron chi connectivity index (χ4n) is 3.56. The van der Waals surface area contributed by atoms with Gasteiger partial charge in [-0.2, -0.15) is 0 Å². The van der Waals surface area contributed by atoms with Gasteiger partial charge in [0, 0.05) is 5.57 Å². The minimum atomic E-state index is -1.02. The molecule has 5 heteroatoms. The van der Waals surface area contributed by atoms with Gasteiger partial charge in [-0.1, -0.05) is 36.4 Å². The van der Waals surface area contributed by atoms with Gasteiger partial charge in [0.2, 0.25) is 0 Å². The van der Waals surface area contributed by atoms with E-state index < -0.39 is 24.3 Å². The number of anilines is 1. The number of ether oxygens (including phenoxy) is 1. The van der Waals surface area contributed by atoms with Crippen LogP contribution in [0.2, 0.25) is 0 Å². The summed E-state index contributed by atoms with van der Waals surface area (Å²) in [6.07, 6.45) is -0.438. The van der Waals surface area contributed by atoms with Crippen LogP contribution in [0, 0.1) is 0 Å². The highest BCUT2D eigenvalue weighted by molar-refractivity contribution is 5.91. The summed E-state index contributed by atoms with van der Waals surface area (Å²) >= 11 is 0. The zero-order chi connectivity index (χ0) is 16.8. The lowest BCUT2D eigenvalue weighted by molar-refractivity contribution is 0.175. The zero-order valence-electron chi connectivity index (χ0n) is 13.1. The quantitative estimate of drug-likeness (QED) is 0.843. The molecule has 0 bridgehead atoms. The van der Waals surface area contributed by atoms with Crippen molar-refractivity contribution in [3.63, 3.8) is 0 Å². The van der Waals surface area contributed by atoms with Crippen LogP contribution in [0.5, 0.6) is 5.75 Å². The molecule has 3 atom stereocenters. The van der Waals surface area contributed by atoms with Gasteiger partial charge in [0.15, 0.2) is 0 Å². The molecule has 4 rings (SSSR count). The van der Waals surface area contributed by atoms with E-state index in [-0.39, 0.29) is 0 Å². The Morgan fingerprint density at radius 3 is 2.62 bits per heavy atom. The molecule has 0 saturated carbocycles. The van der Waals surface area contributed by atoms with Gasteiger partial charge in [0.1, 0.15) is 11.9 Å². The lowest BCUT2D eigenvalue weighted by Gasteiger charge is -2.39. The SMILES string of the molecule is CC1C(C2=CC(O)c3ccccc32)Oc2ccccc2N1C(=O)O. The van der Waals surface area contributed by atoms with Crippen molar-refractivity contribution in [2.45, 2.75) is 25.2 Å². The molecule has 1 aliphatic heterocycles. The summed E-state index contributed by atoms with van der Waals surface area (Å²) in [7, 11) is 0. The molecule has 3 unspecified atom stereocenters. The van der Waals surface area contributed by atoms with Crippen molar-refractivity contribution < 1.29 is 19.7 Å². The predicted molar refractivity (Wildman–Crippen MR) is 90.2 cm³/mol. The molecule has 122 valence electrons.